The van der Waals surface area contributed by atoms with Crippen LogP contribution in [0, 0.1) is 0 Å². The summed E-state index contributed by atoms with van der Waals surface area (Å²) in [5.74, 6) is -0.540. The summed E-state index contributed by atoms with van der Waals surface area (Å²) in [4.78, 5) is 28.3. The molecule has 2 amide bonds. The average Bonchev–Trinajstić information content (AvgIpc) is 3.27. The largest absolute Gasteiger partial charge is 0.539 e. The van der Waals surface area contributed by atoms with Gasteiger partial charge in [-0.05, 0) is 36.0 Å². The van der Waals surface area contributed by atoms with Crippen molar-refractivity contribution in [1.29, 1.82) is 0 Å². The first-order chi connectivity index (χ1) is 14.5. The SMILES string of the molecule is COc1ccc(-[n+]2noc([O-])c2CN(C)C2CC(=O)N(c3ccccc3)C2=O)cc1. The molecule has 3 aromatic rings. The van der Waals surface area contributed by atoms with Crippen LogP contribution in [0.4, 0.5) is 5.69 Å². The van der Waals surface area contributed by atoms with E-state index in [9.17, 15) is 14.7 Å². The fraction of sp³-hybridized carbons (Fsp3) is 0.238. The molecule has 9 nitrogen and oxygen atoms in total. The van der Waals surface area contributed by atoms with E-state index in [1.807, 2.05) is 6.07 Å². The van der Waals surface area contributed by atoms with Gasteiger partial charge in [0.25, 0.3) is 11.6 Å². The maximum Gasteiger partial charge on any atom is 0.254 e. The van der Waals surface area contributed by atoms with E-state index in [1.165, 1.54) is 9.58 Å². The third kappa shape index (κ3) is 3.50. The van der Waals surface area contributed by atoms with Crippen molar-refractivity contribution in [1.82, 2.24) is 10.2 Å². The number of aromatic nitrogens is 2. The molecule has 1 fully saturated rings. The van der Waals surface area contributed by atoms with E-state index in [4.69, 9.17) is 9.26 Å². The van der Waals surface area contributed by atoms with Gasteiger partial charge in [-0.2, -0.15) is 0 Å². The quantitative estimate of drug-likeness (QED) is 0.439. The Morgan fingerprint density at radius 3 is 2.57 bits per heavy atom. The first kappa shape index (κ1) is 19.6. The second kappa shape index (κ2) is 7.96. The Hall–Kier alpha value is -3.72. The molecule has 1 unspecified atom stereocenters. The van der Waals surface area contributed by atoms with Crippen LogP contribution >= 0.6 is 0 Å². The van der Waals surface area contributed by atoms with Crippen molar-refractivity contribution in [3.8, 4) is 17.4 Å². The molecule has 1 aliphatic rings. The van der Waals surface area contributed by atoms with E-state index < -0.39 is 12.0 Å². The van der Waals surface area contributed by atoms with Crippen molar-refractivity contribution >= 4 is 17.5 Å². The number of methoxy groups -OCH3 is 1. The van der Waals surface area contributed by atoms with Gasteiger partial charge in [-0.15, -0.1) is 0 Å². The summed E-state index contributed by atoms with van der Waals surface area (Å²) < 4.78 is 11.4. The van der Waals surface area contributed by atoms with Gasteiger partial charge in [-0.1, -0.05) is 18.2 Å². The van der Waals surface area contributed by atoms with Gasteiger partial charge >= 0.3 is 0 Å². The third-order valence-corrected chi connectivity index (χ3v) is 5.08. The predicted molar refractivity (Wildman–Crippen MR) is 103 cm³/mol. The number of hydrogen-bond donors (Lipinski definition) is 0. The monoisotopic (exact) mass is 408 g/mol. The highest BCUT2D eigenvalue weighted by atomic mass is 16.6. The molecule has 4 rings (SSSR count). The van der Waals surface area contributed by atoms with Crippen LogP contribution in [0.2, 0.25) is 0 Å². The van der Waals surface area contributed by atoms with Gasteiger partial charge < -0.3 is 14.4 Å². The number of carbonyl (C=O) groups is 2. The molecular formula is C21H20N4O5. The Balaban J connectivity index is 1.56. The zero-order valence-corrected chi connectivity index (χ0v) is 16.5. The molecule has 0 N–H and O–H groups in total. The van der Waals surface area contributed by atoms with Crippen LogP contribution in [0.1, 0.15) is 12.1 Å². The van der Waals surface area contributed by atoms with Gasteiger partial charge in [-0.3, -0.25) is 14.5 Å². The first-order valence-corrected chi connectivity index (χ1v) is 9.34. The number of likely N-dealkylation sites (N-methyl/N-ethyl adjacent to an activating group) is 1. The second-order valence-electron chi connectivity index (χ2n) is 6.95. The normalized spacial score (nSPS) is 16.5. The molecule has 9 heteroatoms. The minimum Gasteiger partial charge on any atom is -0.539 e. The molecular weight excluding hydrogens is 388 g/mol. The number of ether oxygens (including phenoxy) is 1. The van der Waals surface area contributed by atoms with Crippen molar-refractivity contribution in [3.63, 3.8) is 0 Å². The molecule has 0 spiro atoms. The number of rotatable bonds is 6. The third-order valence-electron chi connectivity index (χ3n) is 5.08. The van der Waals surface area contributed by atoms with Crippen molar-refractivity contribution < 1.29 is 28.6 Å². The molecule has 1 saturated heterocycles. The molecule has 30 heavy (non-hydrogen) atoms. The van der Waals surface area contributed by atoms with E-state index in [2.05, 4.69) is 5.27 Å². The smallest absolute Gasteiger partial charge is 0.254 e. The zero-order valence-electron chi connectivity index (χ0n) is 16.5. The maximum absolute atomic E-state index is 12.9. The number of benzene rings is 2. The summed E-state index contributed by atoms with van der Waals surface area (Å²) in [6.07, 6.45) is 0.0340. The standard InChI is InChI=1S/C21H20N4O5/c1-23(17-12-19(26)24(20(17)27)14-6-4-3-5-7-14)13-18-21(28)30-22-25(18)15-8-10-16(29-2)11-9-15/h3-11,17H,12-13H2,1-2H3. The number of nitrogens with zero attached hydrogens (tertiary/aromatic N) is 4. The Morgan fingerprint density at radius 2 is 1.90 bits per heavy atom. The van der Waals surface area contributed by atoms with Gasteiger partial charge in [0, 0.05) is 12.1 Å². The fourth-order valence-electron chi connectivity index (χ4n) is 3.48. The second-order valence-corrected chi connectivity index (χ2v) is 6.95. The fourth-order valence-corrected chi connectivity index (χ4v) is 3.48. The minimum absolute atomic E-state index is 0.0340. The number of para-hydroxylation sites is 1. The number of hydrogen-bond acceptors (Lipinski definition) is 7. The van der Waals surface area contributed by atoms with Gasteiger partial charge in [0.15, 0.2) is 5.95 Å². The molecule has 0 saturated carbocycles. The van der Waals surface area contributed by atoms with Crippen LogP contribution in [0.5, 0.6) is 11.7 Å². The molecule has 1 atom stereocenters. The summed E-state index contributed by atoms with van der Waals surface area (Å²) in [6.45, 7) is 0.0840. The highest BCUT2D eigenvalue weighted by molar-refractivity contribution is 6.22. The van der Waals surface area contributed by atoms with Crippen LogP contribution < -0.4 is 19.4 Å². The molecule has 2 aromatic carbocycles. The van der Waals surface area contributed by atoms with Gasteiger partial charge in [0.1, 0.15) is 5.75 Å². The van der Waals surface area contributed by atoms with Crippen LogP contribution in [0.3, 0.4) is 0 Å². The minimum atomic E-state index is -0.684. The average molecular weight is 408 g/mol. The molecule has 1 aliphatic heterocycles. The van der Waals surface area contributed by atoms with Crippen molar-refractivity contribution in [2.24, 2.45) is 0 Å². The lowest BCUT2D eigenvalue weighted by Gasteiger charge is -2.21. The van der Waals surface area contributed by atoms with Crippen LogP contribution in [0.15, 0.2) is 59.1 Å². The van der Waals surface area contributed by atoms with Gasteiger partial charge in [0.2, 0.25) is 11.6 Å². The molecule has 2 heterocycles. The predicted octanol–water partition coefficient (Wildman–Crippen LogP) is 0.797. The number of carbonyl (C=O) groups excluding carboxylic acids is 2. The molecule has 0 aliphatic carbocycles. The highest BCUT2D eigenvalue weighted by Gasteiger charge is 2.42. The van der Waals surface area contributed by atoms with Crippen LogP contribution in [0.25, 0.3) is 5.69 Å². The van der Waals surface area contributed by atoms with E-state index in [-0.39, 0.29) is 30.5 Å². The summed E-state index contributed by atoms with van der Waals surface area (Å²) in [7, 11) is 3.25. The first-order valence-electron chi connectivity index (χ1n) is 9.34. The lowest BCUT2D eigenvalue weighted by Crippen LogP contribution is -2.44. The van der Waals surface area contributed by atoms with Gasteiger partial charge in [0.05, 0.1) is 37.1 Å². The Labute approximate surface area is 172 Å². The Bertz CT molecular complexity index is 1060. The maximum atomic E-state index is 12.9. The van der Waals surface area contributed by atoms with E-state index in [0.29, 0.717) is 17.1 Å². The van der Waals surface area contributed by atoms with E-state index in [0.717, 1.165) is 0 Å². The molecule has 1 aromatic heterocycles. The van der Waals surface area contributed by atoms with Gasteiger partial charge in [-0.25, -0.2) is 4.90 Å². The zero-order chi connectivity index (χ0) is 21.3. The Kier molecular flexibility index (Phi) is 5.20. The summed E-state index contributed by atoms with van der Waals surface area (Å²) in [5.41, 5.74) is 1.40. The summed E-state index contributed by atoms with van der Waals surface area (Å²) in [6, 6.07) is 15.1. The van der Waals surface area contributed by atoms with Crippen molar-refractivity contribution in [2.45, 2.75) is 19.0 Å². The van der Waals surface area contributed by atoms with Crippen LogP contribution in [-0.4, -0.2) is 42.2 Å². The molecule has 0 bridgehead atoms. The van der Waals surface area contributed by atoms with Crippen LogP contribution in [-0.2, 0) is 16.1 Å². The topological polar surface area (TPSA) is 103 Å². The lowest BCUT2D eigenvalue weighted by molar-refractivity contribution is -0.678. The highest BCUT2D eigenvalue weighted by Crippen LogP contribution is 2.26. The summed E-state index contributed by atoms with van der Waals surface area (Å²) in [5, 5.41) is 16.1. The Morgan fingerprint density at radius 1 is 1.20 bits per heavy atom. The molecule has 0 radical (unpaired) electrons. The van der Waals surface area contributed by atoms with E-state index in [1.54, 1.807) is 67.6 Å². The lowest BCUT2D eigenvalue weighted by atomic mass is 10.2. The number of imide groups is 1. The number of anilines is 1. The molecule has 154 valence electrons. The van der Waals surface area contributed by atoms with Crippen molar-refractivity contribution in [2.75, 3.05) is 19.1 Å². The number of amides is 2. The van der Waals surface area contributed by atoms with Crippen molar-refractivity contribution in [3.05, 3.63) is 60.3 Å². The summed E-state index contributed by atoms with van der Waals surface area (Å²) >= 11 is 0. The van der Waals surface area contributed by atoms with E-state index >= 15 is 0 Å².